The summed E-state index contributed by atoms with van der Waals surface area (Å²) in [6.45, 7) is 8.44. The summed E-state index contributed by atoms with van der Waals surface area (Å²) in [5, 5.41) is 0. The van der Waals surface area contributed by atoms with Gasteiger partial charge in [0.1, 0.15) is 0 Å². The molecule has 4 heteroatoms. The highest BCUT2D eigenvalue weighted by molar-refractivity contribution is 7.16. The van der Waals surface area contributed by atoms with Gasteiger partial charge in [-0.1, -0.05) is 35.0 Å². The molecule has 1 aromatic heterocycles. The van der Waals surface area contributed by atoms with Gasteiger partial charge in [0.15, 0.2) is 4.80 Å². The quantitative estimate of drug-likeness (QED) is 0.636. The Morgan fingerprint density at radius 3 is 2.56 bits per heavy atom. The Balaban J connectivity index is 2.22. The zero-order valence-electron chi connectivity index (χ0n) is 14.9. The van der Waals surface area contributed by atoms with Crippen molar-refractivity contribution in [3.63, 3.8) is 0 Å². The van der Waals surface area contributed by atoms with Crippen LogP contribution < -0.4 is 4.80 Å². The molecule has 0 aliphatic heterocycles. The number of benzene rings is 2. The van der Waals surface area contributed by atoms with Gasteiger partial charge in [0.25, 0.3) is 5.91 Å². The van der Waals surface area contributed by atoms with Crippen molar-refractivity contribution in [2.24, 2.45) is 4.99 Å². The Kier molecular flexibility index (Phi) is 4.61. The van der Waals surface area contributed by atoms with Crippen LogP contribution in [0, 0.1) is 40.0 Å². The van der Waals surface area contributed by atoms with Gasteiger partial charge in [-0.05, 0) is 62.6 Å². The predicted octanol–water partition coefficient (Wildman–Crippen LogP) is 4.31. The number of nitrogens with zero attached hydrogens (tertiary/aromatic N) is 2. The minimum absolute atomic E-state index is 0.230. The zero-order chi connectivity index (χ0) is 18.1. The minimum atomic E-state index is -0.230. The number of hydrogen-bond donors (Lipinski definition) is 0. The first-order valence-electron chi connectivity index (χ1n) is 8.11. The number of aromatic nitrogens is 1. The molecule has 0 radical (unpaired) electrons. The topological polar surface area (TPSA) is 34.4 Å². The molecule has 0 fully saturated rings. The van der Waals surface area contributed by atoms with Gasteiger partial charge in [0, 0.05) is 5.56 Å². The molecule has 0 aliphatic carbocycles. The Morgan fingerprint density at radius 2 is 1.84 bits per heavy atom. The highest BCUT2D eigenvalue weighted by Gasteiger charge is 2.12. The summed E-state index contributed by atoms with van der Waals surface area (Å²) in [7, 11) is 0. The Morgan fingerprint density at radius 1 is 1.12 bits per heavy atom. The summed E-state index contributed by atoms with van der Waals surface area (Å²) in [4.78, 5) is 17.8. The average Bonchev–Trinajstić information content (AvgIpc) is 2.87. The monoisotopic (exact) mass is 348 g/mol. The van der Waals surface area contributed by atoms with Gasteiger partial charge in [-0.25, -0.2) is 0 Å². The fourth-order valence-electron chi connectivity index (χ4n) is 2.76. The second kappa shape index (κ2) is 6.70. The molecule has 0 spiro atoms. The summed E-state index contributed by atoms with van der Waals surface area (Å²) in [5.74, 6) is 2.44. The van der Waals surface area contributed by atoms with Gasteiger partial charge in [0.2, 0.25) is 0 Å². The van der Waals surface area contributed by atoms with E-state index in [0.29, 0.717) is 16.9 Å². The van der Waals surface area contributed by atoms with Crippen LogP contribution in [0.5, 0.6) is 0 Å². The van der Waals surface area contributed by atoms with Gasteiger partial charge in [-0.3, -0.25) is 4.79 Å². The molecule has 3 nitrogen and oxygen atoms in total. The lowest BCUT2D eigenvalue weighted by atomic mass is 10.1. The van der Waals surface area contributed by atoms with Gasteiger partial charge in [0.05, 0.1) is 16.8 Å². The number of rotatable bonds is 2. The van der Waals surface area contributed by atoms with Crippen molar-refractivity contribution < 1.29 is 4.79 Å². The van der Waals surface area contributed by atoms with Crippen LogP contribution in [0.25, 0.3) is 10.2 Å². The molecule has 1 heterocycles. The maximum Gasteiger partial charge on any atom is 0.279 e. The van der Waals surface area contributed by atoms with E-state index in [-0.39, 0.29) is 5.91 Å². The number of fused-ring (bicyclic) bond motifs is 1. The molecule has 1 amide bonds. The van der Waals surface area contributed by atoms with Crippen molar-refractivity contribution in [2.75, 3.05) is 0 Å². The van der Waals surface area contributed by atoms with Crippen molar-refractivity contribution in [1.29, 1.82) is 0 Å². The summed E-state index contributed by atoms with van der Waals surface area (Å²) < 4.78 is 3.03. The van der Waals surface area contributed by atoms with Crippen molar-refractivity contribution >= 4 is 27.5 Å². The summed E-state index contributed by atoms with van der Waals surface area (Å²) in [6.07, 6.45) is 5.54. The zero-order valence-corrected chi connectivity index (χ0v) is 15.7. The minimum Gasteiger partial charge on any atom is -0.305 e. The normalized spacial score (nSPS) is 11.7. The molecular weight excluding hydrogens is 328 g/mol. The SMILES string of the molecule is C#CCn1c(=NC(=O)c2cc(C)ccc2C)sc2cc(C)c(C)cc21. The standard InChI is InChI=1S/C21H20N2OS/c1-6-9-23-18-11-15(4)16(5)12-19(18)25-21(23)22-20(24)17-10-13(2)7-8-14(17)3/h1,7-8,10-12H,9H2,2-5H3. The third-order valence-electron chi connectivity index (χ3n) is 4.37. The van der Waals surface area contributed by atoms with Crippen molar-refractivity contribution in [3.05, 3.63) is 63.0 Å². The van der Waals surface area contributed by atoms with Crippen molar-refractivity contribution in [1.82, 2.24) is 4.57 Å². The van der Waals surface area contributed by atoms with E-state index >= 15 is 0 Å². The molecule has 0 unspecified atom stereocenters. The van der Waals surface area contributed by atoms with Crippen LogP contribution in [-0.4, -0.2) is 10.5 Å². The van der Waals surface area contributed by atoms with Crippen molar-refractivity contribution in [3.8, 4) is 12.3 Å². The third kappa shape index (κ3) is 3.29. The molecule has 0 saturated carbocycles. The molecule has 2 aromatic carbocycles. The van der Waals surface area contributed by atoms with Crippen LogP contribution in [0.4, 0.5) is 0 Å². The Hall–Kier alpha value is -2.64. The largest absolute Gasteiger partial charge is 0.305 e. The Labute approximate surface area is 151 Å². The van der Waals surface area contributed by atoms with Crippen molar-refractivity contribution in [2.45, 2.75) is 34.2 Å². The van der Waals surface area contributed by atoms with E-state index in [1.807, 2.05) is 36.6 Å². The summed E-state index contributed by atoms with van der Waals surface area (Å²) in [5.41, 5.74) is 6.05. The van der Waals surface area contributed by atoms with Gasteiger partial charge in [-0.15, -0.1) is 6.42 Å². The smallest absolute Gasteiger partial charge is 0.279 e. The molecule has 0 saturated heterocycles. The molecule has 3 aromatic rings. The van der Waals surface area contributed by atoms with E-state index in [2.05, 4.69) is 36.9 Å². The van der Waals surface area contributed by atoms with Crippen LogP contribution >= 0.6 is 11.3 Å². The second-order valence-electron chi connectivity index (χ2n) is 6.31. The van der Waals surface area contributed by atoms with E-state index < -0.39 is 0 Å². The van der Waals surface area contributed by atoms with Gasteiger partial charge >= 0.3 is 0 Å². The summed E-state index contributed by atoms with van der Waals surface area (Å²) >= 11 is 1.50. The van der Waals surface area contributed by atoms with Crippen LogP contribution in [-0.2, 0) is 6.54 Å². The molecule has 0 atom stereocenters. The van der Waals surface area contributed by atoms with Crippen LogP contribution in [0.1, 0.15) is 32.6 Å². The molecule has 0 N–H and O–H groups in total. The number of aryl methyl sites for hydroxylation is 4. The van der Waals surface area contributed by atoms with Crippen LogP contribution in [0.15, 0.2) is 35.3 Å². The first-order chi connectivity index (χ1) is 11.9. The predicted molar refractivity (Wildman–Crippen MR) is 104 cm³/mol. The molecule has 0 aliphatic rings. The summed E-state index contributed by atoms with van der Waals surface area (Å²) in [6, 6.07) is 10.1. The number of carbonyl (C=O) groups is 1. The molecule has 0 bridgehead atoms. The molecule has 25 heavy (non-hydrogen) atoms. The lowest BCUT2D eigenvalue weighted by Crippen LogP contribution is -2.17. The molecule has 126 valence electrons. The number of terminal acetylenes is 1. The van der Waals surface area contributed by atoms with E-state index in [0.717, 1.165) is 21.3 Å². The lowest BCUT2D eigenvalue weighted by Gasteiger charge is -2.04. The number of amides is 1. The van der Waals surface area contributed by atoms with Crippen LogP contribution in [0.3, 0.4) is 0 Å². The van der Waals surface area contributed by atoms with E-state index in [1.165, 1.54) is 22.5 Å². The fourth-order valence-corrected chi connectivity index (χ4v) is 3.87. The first-order valence-corrected chi connectivity index (χ1v) is 8.92. The third-order valence-corrected chi connectivity index (χ3v) is 5.41. The highest BCUT2D eigenvalue weighted by atomic mass is 32.1. The number of hydrogen-bond acceptors (Lipinski definition) is 2. The van der Waals surface area contributed by atoms with Gasteiger partial charge in [-0.2, -0.15) is 4.99 Å². The Bertz CT molecular complexity index is 1090. The van der Waals surface area contributed by atoms with Gasteiger partial charge < -0.3 is 4.57 Å². The lowest BCUT2D eigenvalue weighted by molar-refractivity contribution is 0.0997. The van der Waals surface area contributed by atoms with E-state index in [9.17, 15) is 4.79 Å². The fraction of sp³-hybridized carbons (Fsp3) is 0.238. The van der Waals surface area contributed by atoms with E-state index in [1.54, 1.807) is 0 Å². The molecule has 3 rings (SSSR count). The first kappa shape index (κ1) is 17.2. The second-order valence-corrected chi connectivity index (χ2v) is 7.32. The number of thiazole rings is 1. The molecular formula is C21H20N2OS. The number of carbonyl (C=O) groups excluding carboxylic acids is 1. The highest BCUT2D eigenvalue weighted by Crippen LogP contribution is 2.22. The maximum atomic E-state index is 12.7. The van der Waals surface area contributed by atoms with E-state index in [4.69, 9.17) is 6.42 Å². The maximum absolute atomic E-state index is 12.7. The van der Waals surface area contributed by atoms with Crippen LogP contribution in [0.2, 0.25) is 0 Å². The average molecular weight is 348 g/mol.